The predicted octanol–water partition coefficient (Wildman–Crippen LogP) is 4.87. The first-order valence-corrected chi connectivity index (χ1v) is 12.6. The minimum absolute atomic E-state index is 0.0366. The molecule has 164 valence electrons. The zero-order chi connectivity index (χ0) is 22.5. The first-order chi connectivity index (χ1) is 16.1. The number of benzene rings is 2. The molecular weight excluding hydrogens is 452 g/mol. The van der Waals surface area contributed by atoms with Gasteiger partial charge in [0, 0.05) is 10.4 Å². The van der Waals surface area contributed by atoms with Crippen molar-refractivity contribution in [3.8, 4) is 5.69 Å². The summed E-state index contributed by atoms with van der Waals surface area (Å²) in [5.74, 6) is 0.770. The summed E-state index contributed by atoms with van der Waals surface area (Å²) < 4.78 is 3.65. The van der Waals surface area contributed by atoms with Crippen LogP contribution in [0.3, 0.4) is 0 Å². The van der Waals surface area contributed by atoms with Gasteiger partial charge in [-0.15, -0.1) is 21.5 Å². The van der Waals surface area contributed by atoms with Crippen LogP contribution in [-0.2, 0) is 12.8 Å². The molecule has 1 aliphatic rings. The van der Waals surface area contributed by atoms with Gasteiger partial charge in [0.15, 0.2) is 10.9 Å². The molecule has 1 aliphatic carbocycles. The van der Waals surface area contributed by atoms with Crippen LogP contribution in [0.15, 0.2) is 64.5 Å². The number of ketones is 1. The SMILES string of the molecule is Cc1ccccc1-n1c(=O)c2c3c(sc2n2c(SCC(=O)c4ccccc4)nnc12)CCC3. The number of carbonyl (C=O) groups is 1. The van der Waals surface area contributed by atoms with Crippen molar-refractivity contribution in [3.63, 3.8) is 0 Å². The number of nitrogens with zero attached hydrogens (tertiary/aromatic N) is 4. The third kappa shape index (κ3) is 3.24. The highest BCUT2D eigenvalue weighted by atomic mass is 32.2. The van der Waals surface area contributed by atoms with E-state index in [0.29, 0.717) is 16.5 Å². The van der Waals surface area contributed by atoms with Gasteiger partial charge in [0.05, 0.1) is 16.8 Å². The average molecular weight is 473 g/mol. The van der Waals surface area contributed by atoms with Crippen LogP contribution in [0.1, 0.15) is 32.8 Å². The highest BCUT2D eigenvalue weighted by Crippen LogP contribution is 2.37. The number of Topliss-reactive ketones (excluding diaryl/α,β-unsaturated/α-hetero) is 1. The fraction of sp³-hybridized carbons (Fsp3) is 0.200. The summed E-state index contributed by atoms with van der Waals surface area (Å²) in [7, 11) is 0. The number of aromatic nitrogens is 4. The molecule has 3 aromatic heterocycles. The van der Waals surface area contributed by atoms with Crippen LogP contribution < -0.4 is 5.56 Å². The Morgan fingerprint density at radius 1 is 1.06 bits per heavy atom. The van der Waals surface area contributed by atoms with E-state index < -0.39 is 0 Å². The summed E-state index contributed by atoms with van der Waals surface area (Å²) in [5.41, 5.74) is 3.58. The molecule has 0 N–H and O–H groups in total. The molecule has 0 aliphatic heterocycles. The third-order valence-electron chi connectivity index (χ3n) is 6.12. The predicted molar refractivity (Wildman–Crippen MR) is 132 cm³/mol. The number of fused-ring (bicyclic) bond motifs is 5. The molecule has 2 aromatic carbocycles. The number of para-hydroxylation sites is 1. The molecule has 0 saturated carbocycles. The van der Waals surface area contributed by atoms with Crippen molar-refractivity contribution in [1.82, 2.24) is 19.2 Å². The van der Waals surface area contributed by atoms with Gasteiger partial charge in [0.1, 0.15) is 4.83 Å². The lowest BCUT2D eigenvalue weighted by Crippen LogP contribution is -2.22. The van der Waals surface area contributed by atoms with Gasteiger partial charge in [0.25, 0.3) is 5.56 Å². The normalized spacial score (nSPS) is 13.1. The molecule has 8 heteroatoms. The highest BCUT2D eigenvalue weighted by Gasteiger charge is 2.26. The van der Waals surface area contributed by atoms with E-state index in [4.69, 9.17) is 0 Å². The second-order valence-corrected chi connectivity index (χ2v) is 10.2. The molecule has 0 atom stereocenters. The molecule has 0 unspecified atom stereocenters. The van der Waals surface area contributed by atoms with Crippen molar-refractivity contribution in [1.29, 1.82) is 0 Å². The first-order valence-electron chi connectivity index (χ1n) is 10.8. The van der Waals surface area contributed by atoms with Crippen molar-refractivity contribution < 1.29 is 4.79 Å². The molecule has 3 heterocycles. The van der Waals surface area contributed by atoms with Crippen molar-refractivity contribution in [3.05, 3.63) is 86.5 Å². The number of thiophene rings is 1. The molecule has 0 bridgehead atoms. The maximum absolute atomic E-state index is 13.8. The van der Waals surface area contributed by atoms with Crippen LogP contribution in [-0.4, -0.2) is 30.7 Å². The Bertz CT molecular complexity index is 1600. The Morgan fingerprint density at radius 3 is 2.67 bits per heavy atom. The van der Waals surface area contributed by atoms with E-state index in [1.807, 2.05) is 65.9 Å². The lowest BCUT2D eigenvalue weighted by Gasteiger charge is -2.12. The largest absolute Gasteiger partial charge is 0.293 e. The van der Waals surface area contributed by atoms with E-state index in [-0.39, 0.29) is 17.1 Å². The molecule has 0 radical (unpaired) electrons. The zero-order valence-electron chi connectivity index (χ0n) is 17.9. The van der Waals surface area contributed by atoms with E-state index in [0.717, 1.165) is 46.3 Å². The van der Waals surface area contributed by atoms with Gasteiger partial charge >= 0.3 is 0 Å². The van der Waals surface area contributed by atoms with E-state index in [1.165, 1.54) is 16.6 Å². The Balaban J connectivity index is 1.55. The smallest absolute Gasteiger partial charge is 0.268 e. The Labute approximate surface area is 197 Å². The van der Waals surface area contributed by atoms with Crippen molar-refractivity contribution in [2.75, 3.05) is 5.75 Å². The Morgan fingerprint density at radius 2 is 1.85 bits per heavy atom. The second kappa shape index (κ2) is 7.97. The van der Waals surface area contributed by atoms with E-state index >= 15 is 0 Å². The molecule has 0 fully saturated rings. The molecule has 0 amide bonds. The van der Waals surface area contributed by atoms with Crippen LogP contribution in [0.4, 0.5) is 0 Å². The number of carbonyl (C=O) groups excluding carboxylic acids is 1. The van der Waals surface area contributed by atoms with Gasteiger partial charge < -0.3 is 0 Å². The number of thioether (sulfide) groups is 1. The fourth-order valence-corrected chi connectivity index (χ4v) is 6.78. The highest BCUT2D eigenvalue weighted by molar-refractivity contribution is 7.99. The number of rotatable bonds is 5. The van der Waals surface area contributed by atoms with Gasteiger partial charge in [-0.05, 0) is 43.4 Å². The van der Waals surface area contributed by atoms with E-state index in [9.17, 15) is 9.59 Å². The van der Waals surface area contributed by atoms with Crippen molar-refractivity contribution in [2.45, 2.75) is 31.3 Å². The number of hydrogen-bond donors (Lipinski definition) is 0. The summed E-state index contributed by atoms with van der Waals surface area (Å²) in [4.78, 5) is 28.7. The van der Waals surface area contributed by atoms with Gasteiger partial charge in [0.2, 0.25) is 5.78 Å². The molecule has 0 saturated heterocycles. The number of hydrogen-bond acceptors (Lipinski definition) is 6. The molecule has 33 heavy (non-hydrogen) atoms. The summed E-state index contributed by atoms with van der Waals surface area (Å²) >= 11 is 3.02. The molecule has 0 spiro atoms. The number of aryl methyl sites for hydroxylation is 3. The van der Waals surface area contributed by atoms with Gasteiger partial charge in [-0.1, -0.05) is 60.3 Å². The van der Waals surface area contributed by atoms with Crippen LogP contribution in [0, 0.1) is 6.92 Å². The second-order valence-electron chi connectivity index (χ2n) is 8.16. The molecular formula is C25H20N4O2S2. The lowest BCUT2D eigenvalue weighted by atomic mass is 10.1. The van der Waals surface area contributed by atoms with Crippen LogP contribution >= 0.6 is 23.1 Å². The van der Waals surface area contributed by atoms with Gasteiger partial charge in [-0.2, -0.15) is 0 Å². The maximum Gasteiger partial charge on any atom is 0.268 e. The van der Waals surface area contributed by atoms with Crippen molar-refractivity contribution >= 4 is 44.9 Å². The lowest BCUT2D eigenvalue weighted by molar-refractivity contribution is 0.102. The topological polar surface area (TPSA) is 69.3 Å². The molecule has 6 nitrogen and oxygen atoms in total. The molecule has 5 aromatic rings. The average Bonchev–Trinajstić information content (AvgIpc) is 3.53. The summed E-state index contributed by atoms with van der Waals surface area (Å²) in [5, 5.41) is 10.2. The summed E-state index contributed by atoms with van der Waals surface area (Å²) in [6.45, 7) is 1.99. The minimum atomic E-state index is -0.0458. The monoisotopic (exact) mass is 472 g/mol. The minimum Gasteiger partial charge on any atom is -0.293 e. The quantitative estimate of drug-likeness (QED) is 0.270. The maximum atomic E-state index is 13.8. The zero-order valence-corrected chi connectivity index (χ0v) is 19.6. The van der Waals surface area contributed by atoms with Gasteiger partial charge in [-0.25, -0.2) is 8.97 Å². The standard InChI is InChI=1S/C25H20N4O2S2/c1-15-8-5-6-12-18(15)28-22(31)21-17-11-7-13-20(17)33-23(21)29-24(28)26-27-25(29)32-14-19(30)16-9-3-2-4-10-16/h2-6,8-10,12H,7,11,13-14H2,1H3. The van der Waals surface area contributed by atoms with Crippen LogP contribution in [0.2, 0.25) is 0 Å². The summed E-state index contributed by atoms with van der Waals surface area (Å²) in [6, 6.07) is 17.1. The van der Waals surface area contributed by atoms with Crippen molar-refractivity contribution in [2.24, 2.45) is 0 Å². The van der Waals surface area contributed by atoms with E-state index in [1.54, 1.807) is 15.9 Å². The third-order valence-corrected chi connectivity index (χ3v) is 8.33. The Hall–Kier alpha value is -3.23. The fourth-order valence-electron chi connectivity index (χ4n) is 4.52. The van der Waals surface area contributed by atoms with Gasteiger partial charge in [-0.3, -0.25) is 9.59 Å². The Kier molecular flexibility index (Phi) is 4.92. The summed E-state index contributed by atoms with van der Waals surface area (Å²) in [6.07, 6.45) is 2.99. The molecule has 6 rings (SSSR count). The van der Waals surface area contributed by atoms with Crippen LogP contribution in [0.5, 0.6) is 0 Å². The van der Waals surface area contributed by atoms with E-state index in [2.05, 4.69) is 10.2 Å². The first kappa shape index (κ1) is 20.4. The van der Waals surface area contributed by atoms with Crippen LogP contribution in [0.25, 0.3) is 21.7 Å².